The summed E-state index contributed by atoms with van der Waals surface area (Å²) in [5, 5.41) is 4.07. The maximum Gasteiger partial charge on any atom is 0.283 e. The van der Waals surface area contributed by atoms with Crippen LogP contribution in [0, 0.1) is 19.8 Å². The lowest BCUT2D eigenvalue weighted by Crippen LogP contribution is -2.39. The summed E-state index contributed by atoms with van der Waals surface area (Å²) in [6, 6.07) is 5.88. The van der Waals surface area contributed by atoms with Gasteiger partial charge in [-0.05, 0) is 56.9 Å². The molecule has 0 N–H and O–H groups in total. The van der Waals surface area contributed by atoms with Crippen LogP contribution in [0.3, 0.4) is 0 Å². The van der Waals surface area contributed by atoms with Gasteiger partial charge in [0.2, 0.25) is 10.0 Å². The molecule has 154 valence electrons. The predicted molar refractivity (Wildman–Crippen MR) is 104 cm³/mol. The highest BCUT2D eigenvalue weighted by Gasteiger charge is 2.35. The molecule has 2 aromatic rings. The Kier molecular flexibility index (Phi) is 5.57. The summed E-state index contributed by atoms with van der Waals surface area (Å²) in [7, 11) is -6.36. The number of nitrogens with zero attached hydrogens (tertiary/aromatic N) is 3. The third kappa shape index (κ3) is 3.56. The van der Waals surface area contributed by atoms with Crippen LogP contribution in [0.5, 0.6) is 5.75 Å². The summed E-state index contributed by atoms with van der Waals surface area (Å²) in [5.74, 6) is 0.789. The van der Waals surface area contributed by atoms with Crippen molar-refractivity contribution in [3.8, 4) is 5.75 Å². The quantitative estimate of drug-likeness (QED) is 0.725. The van der Waals surface area contributed by atoms with E-state index < -0.39 is 20.0 Å². The number of benzene rings is 1. The lowest BCUT2D eigenvalue weighted by Gasteiger charge is -2.30. The smallest absolute Gasteiger partial charge is 0.283 e. The molecule has 2 heterocycles. The standard InChI is InChI=1S/C18H25N3O5S2/c1-13-6-5-11-20(12-13)28(24,25)18-14(2)19-21(15(18)3)27(22,23)17-9-7-16(26-4)8-10-17/h7-10,13H,5-6,11-12H2,1-4H3/t13-/m1/s1. The van der Waals surface area contributed by atoms with Gasteiger partial charge >= 0.3 is 0 Å². The molecule has 8 nitrogen and oxygen atoms in total. The molecule has 0 saturated carbocycles. The molecule has 1 aliphatic rings. The van der Waals surface area contributed by atoms with Gasteiger partial charge in [-0.1, -0.05) is 6.92 Å². The minimum Gasteiger partial charge on any atom is -0.497 e. The van der Waals surface area contributed by atoms with E-state index in [2.05, 4.69) is 5.10 Å². The van der Waals surface area contributed by atoms with Gasteiger partial charge in [0.15, 0.2) is 0 Å². The Morgan fingerprint density at radius 1 is 1.07 bits per heavy atom. The first kappa shape index (κ1) is 20.8. The molecule has 0 aliphatic carbocycles. The van der Waals surface area contributed by atoms with E-state index in [1.54, 1.807) is 0 Å². The van der Waals surface area contributed by atoms with Crippen molar-refractivity contribution in [2.24, 2.45) is 5.92 Å². The Balaban J connectivity index is 2.06. The van der Waals surface area contributed by atoms with Gasteiger partial charge < -0.3 is 4.74 Å². The molecule has 3 rings (SSSR count). The van der Waals surface area contributed by atoms with Crippen molar-refractivity contribution in [1.82, 2.24) is 13.5 Å². The van der Waals surface area contributed by atoms with Crippen LogP contribution in [0.15, 0.2) is 34.1 Å². The van der Waals surface area contributed by atoms with Crippen molar-refractivity contribution < 1.29 is 21.6 Å². The minimum absolute atomic E-state index is 0.00874. The monoisotopic (exact) mass is 427 g/mol. The second-order valence-corrected chi connectivity index (χ2v) is 10.8. The van der Waals surface area contributed by atoms with E-state index in [1.807, 2.05) is 6.92 Å². The van der Waals surface area contributed by atoms with Crippen LogP contribution in [-0.2, 0) is 20.0 Å². The zero-order valence-corrected chi connectivity index (χ0v) is 18.0. The normalized spacial score (nSPS) is 18.9. The third-order valence-corrected chi connectivity index (χ3v) is 8.78. The maximum absolute atomic E-state index is 13.2. The van der Waals surface area contributed by atoms with Crippen LogP contribution in [0.25, 0.3) is 0 Å². The number of hydrogen-bond donors (Lipinski definition) is 0. The number of piperidine rings is 1. The van der Waals surface area contributed by atoms with Gasteiger partial charge in [-0.15, -0.1) is 0 Å². The van der Waals surface area contributed by atoms with Crippen molar-refractivity contribution in [2.75, 3.05) is 20.2 Å². The van der Waals surface area contributed by atoms with Crippen LogP contribution in [-0.4, -0.2) is 50.5 Å². The highest BCUT2D eigenvalue weighted by Crippen LogP contribution is 2.29. The number of aryl methyl sites for hydroxylation is 1. The first-order valence-electron chi connectivity index (χ1n) is 9.05. The molecule has 0 unspecified atom stereocenters. The van der Waals surface area contributed by atoms with Gasteiger partial charge in [-0.25, -0.2) is 8.42 Å². The molecule has 1 aliphatic heterocycles. The van der Waals surface area contributed by atoms with Crippen LogP contribution in [0.2, 0.25) is 0 Å². The lowest BCUT2D eigenvalue weighted by atomic mass is 10.0. The summed E-state index contributed by atoms with van der Waals surface area (Å²) >= 11 is 0. The van der Waals surface area contributed by atoms with E-state index in [-0.39, 0.29) is 27.1 Å². The van der Waals surface area contributed by atoms with Crippen molar-refractivity contribution >= 4 is 20.0 Å². The van der Waals surface area contributed by atoms with Crippen LogP contribution in [0.4, 0.5) is 0 Å². The van der Waals surface area contributed by atoms with E-state index in [0.29, 0.717) is 18.8 Å². The molecule has 1 aromatic heterocycles. The molecule has 1 aromatic carbocycles. The summed E-state index contributed by atoms with van der Waals surface area (Å²) < 4.78 is 59.7. The Hall–Kier alpha value is -1.91. The molecule has 0 bridgehead atoms. The van der Waals surface area contributed by atoms with Gasteiger partial charge in [0, 0.05) is 13.1 Å². The third-order valence-electron chi connectivity index (χ3n) is 4.99. The molecular formula is C18H25N3O5S2. The second-order valence-electron chi connectivity index (χ2n) is 7.13. The van der Waals surface area contributed by atoms with E-state index >= 15 is 0 Å². The predicted octanol–water partition coefficient (Wildman–Crippen LogP) is 2.17. The van der Waals surface area contributed by atoms with Crippen LogP contribution >= 0.6 is 0 Å². The fourth-order valence-corrected chi connectivity index (χ4v) is 6.93. The average Bonchev–Trinajstić information content (AvgIpc) is 2.97. The van der Waals surface area contributed by atoms with Crippen molar-refractivity contribution in [1.29, 1.82) is 0 Å². The Morgan fingerprint density at radius 3 is 2.29 bits per heavy atom. The topological polar surface area (TPSA) is 98.6 Å². The fraction of sp³-hybridized carbons (Fsp3) is 0.500. The molecule has 0 amide bonds. The number of aromatic nitrogens is 2. The maximum atomic E-state index is 13.2. The van der Waals surface area contributed by atoms with Gasteiger partial charge in [0.05, 0.1) is 23.4 Å². The molecule has 28 heavy (non-hydrogen) atoms. The molecule has 0 radical (unpaired) electrons. The molecular weight excluding hydrogens is 402 g/mol. The first-order chi connectivity index (χ1) is 13.1. The number of sulfonamides is 1. The van der Waals surface area contributed by atoms with E-state index in [1.165, 1.54) is 49.5 Å². The minimum atomic E-state index is -4.03. The SMILES string of the molecule is COc1ccc(S(=O)(=O)n2nc(C)c(S(=O)(=O)N3CCC[C@@H](C)C3)c2C)cc1. The zero-order chi connectivity index (χ0) is 20.7. The zero-order valence-electron chi connectivity index (χ0n) is 16.4. The number of ether oxygens (including phenoxy) is 1. The molecule has 0 spiro atoms. The van der Waals surface area contributed by atoms with E-state index in [4.69, 9.17) is 4.74 Å². The molecule has 1 fully saturated rings. The van der Waals surface area contributed by atoms with Gasteiger partial charge in [-0.2, -0.15) is 21.9 Å². The fourth-order valence-electron chi connectivity index (χ4n) is 3.55. The average molecular weight is 428 g/mol. The lowest BCUT2D eigenvalue weighted by molar-refractivity contribution is 0.281. The number of rotatable bonds is 5. The summed E-state index contributed by atoms with van der Waals surface area (Å²) in [5.41, 5.74) is 0.263. The van der Waals surface area contributed by atoms with Crippen LogP contribution in [0.1, 0.15) is 31.2 Å². The van der Waals surface area contributed by atoms with Gasteiger partial charge in [0.25, 0.3) is 10.0 Å². The highest BCUT2D eigenvalue weighted by molar-refractivity contribution is 7.90. The largest absolute Gasteiger partial charge is 0.497 e. The summed E-state index contributed by atoms with van der Waals surface area (Å²) in [4.78, 5) is -0.0203. The number of methoxy groups -OCH3 is 1. The molecule has 1 atom stereocenters. The Labute approximate surface area is 166 Å². The van der Waals surface area contributed by atoms with Crippen molar-refractivity contribution in [3.05, 3.63) is 35.7 Å². The summed E-state index contributed by atoms with van der Waals surface area (Å²) in [6.45, 7) is 5.87. The first-order valence-corrected chi connectivity index (χ1v) is 11.9. The van der Waals surface area contributed by atoms with E-state index in [9.17, 15) is 16.8 Å². The molecule has 10 heteroatoms. The van der Waals surface area contributed by atoms with E-state index in [0.717, 1.165) is 16.9 Å². The van der Waals surface area contributed by atoms with Crippen LogP contribution < -0.4 is 4.74 Å². The highest BCUT2D eigenvalue weighted by atomic mass is 32.2. The van der Waals surface area contributed by atoms with Crippen molar-refractivity contribution in [3.63, 3.8) is 0 Å². The summed E-state index contributed by atoms with van der Waals surface area (Å²) in [6.07, 6.45) is 1.77. The van der Waals surface area contributed by atoms with Gasteiger partial charge in [0.1, 0.15) is 10.6 Å². The van der Waals surface area contributed by atoms with Gasteiger partial charge in [-0.3, -0.25) is 0 Å². The Bertz CT molecular complexity index is 1070. The molecule has 1 saturated heterocycles. The second kappa shape index (κ2) is 7.49. The Morgan fingerprint density at radius 2 is 1.71 bits per heavy atom. The van der Waals surface area contributed by atoms with Crippen molar-refractivity contribution in [2.45, 2.75) is 43.4 Å². The number of hydrogen-bond acceptors (Lipinski definition) is 6.